The first kappa shape index (κ1) is 26.0. The van der Waals surface area contributed by atoms with Crippen molar-refractivity contribution in [1.29, 1.82) is 0 Å². The number of likely N-dealkylation sites (tertiary alicyclic amines) is 1. The molecule has 190 valence electrons. The molecule has 0 bridgehead atoms. The number of carbonyl (C=O) groups excluding carboxylic acids is 2. The summed E-state index contributed by atoms with van der Waals surface area (Å²) in [6, 6.07) is 14.6. The van der Waals surface area contributed by atoms with E-state index in [4.69, 9.17) is 27.7 Å². The summed E-state index contributed by atoms with van der Waals surface area (Å²) in [5, 5.41) is 13.3. The minimum atomic E-state index is -0.318. The second-order valence-corrected chi connectivity index (χ2v) is 9.90. The lowest BCUT2D eigenvalue weighted by Crippen LogP contribution is -2.37. The van der Waals surface area contributed by atoms with Crippen molar-refractivity contribution in [2.75, 3.05) is 31.5 Å². The van der Waals surface area contributed by atoms with Crippen LogP contribution in [0.4, 0.5) is 10.5 Å². The molecule has 1 aromatic heterocycles. The number of amides is 3. The molecule has 10 heteroatoms. The highest BCUT2D eigenvalue weighted by Gasteiger charge is 2.26. The molecule has 2 heterocycles. The molecule has 3 amide bonds. The van der Waals surface area contributed by atoms with Gasteiger partial charge in [-0.1, -0.05) is 58.2 Å². The van der Waals surface area contributed by atoms with Crippen LogP contribution in [0.25, 0.3) is 0 Å². The van der Waals surface area contributed by atoms with Gasteiger partial charge in [0.2, 0.25) is 5.76 Å². The molecule has 1 fully saturated rings. The number of nitrogens with zero attached hydrogens (tertiary/aromatic N) is 2. The molecule has 2 atom stereocenters. The predicted octanol–water partition coefficient (Wildman–Crippen LogP) is 5.09. The lowest BCUT2D eigenvalue weighted by molar-refractivity contribution is 0.0900. The Labute approximate surface area is 220 Å². The SMILES string of the molecule is Cc1ccc(C(CCN2CCC(NC(=O)c3ccno3)C2)CNC(=O)Nc2cc(Cl)cc(Cl)c2)cc1. The van der Waals surface area contributed by atoms with Crippen LogP contribution in [0.3, 0.4) is 0 Å². The summed E-state index contributed by atoms with van der Waals surface area (Å²) in [5.41, 5.74) is 2.89. The van der Waals surface area contributed by atoms with Crippen molar-refractivity contribution >= 4 is 40.8 Å². The van der Waals surface area contributed by atoms with Crippen molar-refractivity contribution < 1.29 is 14.1 Å². The number of hydrogen-bond donors (Lipinski definition) is 3. The second-order valence-electron chi connectivity index (χ2n) is 9.03. The van der Waals surface area contributed by atoms with Crippen LogP contribution in [0.2, 0.25) is 10.0 Å². The van der Waals surface area contributed by atoms with Crippen molar-refractivity contribution in [3.8, 4) is 0 Å². The molecular formula is C26H29Cl2N5O3. The number of aryl methyl sites for hydroxylation is 1. The highest BCUT2D eigenvalue weighted by molar-refractivity contribution is 6.35. The van der Waals surface area contributed by atoms with Gasteiger partial charge in [0.15, 0.2) is 0 Å². The van der Waals surface area contributed by atoms with Gasteiger partial charge in [-0.15, -0.1) is 0 Å². The van der Waals surface area contributed by atoms with Gasteiger partial charge in [0.05, 0.1) is 6.20 Å². The summed E-state index contributed by atoms with van der Waals surface area (Å²) in [5.74, 6) is 0.104. The van der Waals surface area contributed by atoms with Crippen molar-refractivity contribution in [3.05, 3.63) is 81.7 Å². The molecule has 2 unspecified atom stereocenters. The molecule has 1 saturated heterocycles. The van der Waals surface area contributed by atoms with Crippen LogP contribution >= 0.6 is 23.2 Å². The highest BCUT2D eigenvalue weighted by Crippen LogP contribution is 2.24. The topological polar surface area (TPSA) is 99.5 Å². The number of hydrogen-bond acceptors (Lipinski definition) is 5. The Morgan fingerprint density at radius 3 is 2.58 bits per heavy atom. The zero-order chi connectivity index (χ0) is 25.5. The van der Waals surface area contributed by atoms with Crippen LogP contribution in [-0.2, 0) is 0 Å². The first-order chi connectivity index (χ1) is 17.4. The van der Waals surface area contributed by atoms with Crippen LogP contribution in [0.1, 0.15) is 40.4 Å². The van der Waals surface area contributed by atoms with Crippen molar-refractivity contribution in [1.82, 2.24) is 20.7 Å². The van der Waals surface area contributed by atoms with Gasteiger partial charge < -0.3 is 25.4 Å². The van der Waals surface area contributed by atoms with E-state index in [1.165, 1.54) is 17.3 Å². The molecule has 1 aliphatic rings. The van der Waals surface area contributed by atoms with Crippen molar-refractivity contribution in [2.45, 2.75) is 31.7 Å². The smallest absolute Gasteiger partial charge is 0.319 e. The summed E-state index contributed by atoms with van der Waals surface area (Å²) < 4.78 is 4.94. The van der Waals surface area contributed by atoms with Gasteiger partial charge in [0.1, 0.15) is 0 Å². The average molecular weight is 530 g/mol. The Balaban J connectivity index is 1.31. The third-order valence-electron chi connectivity index (χ3n) is 6.24. The van der Waals surface area contributed by atoms with Gasteiger partial charge in [-0.3, -0.25) is 4.79 Å². The van der Waals surface area contributed by atoms with E-state index in [1.54, 1.807) is 24.3 Å². The summed E-state index contributed by atoms with van der Waals surface area (Å²) >= 11 is 12.1. The first-order valence-electron chi connectivity index (χ1n) is 11.9. The van der Waals surface area contributed by atoms with E-state index in [0.717, 1.165) is 32.5 Å². The minimum Gasteiger partial charge on any atom is -0.351 e. The van der Waals surface area contributed by atoms with E-state index in [1.807, 2.05) is 0 Å². The minimum absolute atomic E-state index is 0.0637. The van der Waals surface area contributed by atoms with E-state index in [2.05, 4.69) is 57.2 Å². The zero-order valence-electron chi connectivity index (χ0n) is 20.0. The van der Waals surface area contributed by atoms with Gasteiger partial charge >= 0.3 is 6.03 Å². The maximum absolute atomic E-state index is 12.6. The van der Waals surface area contributed by atoms with Gasteiger partial charge in [-0.2, -0.15) is 0 Å². The van der Waals surface area contributed by atoms with E-state index < -0.39 is 0 Å². The van der Waals surface area contributed by atoms with Crippen LogP contribution in [0.5, 0.6) is 0 Å². The number of anilines is 1. The molecule has 3 N–H and O–H groups in total. The normalized spacial score (nSPS) is 16.5. The molecule has 0 radical (unpaired) electrons. The number of nitrogens with one attached hydrogen (secondary N) is 3. The Morgan fingerprint density at radius 2 is 1.89 bits per heavy atom. The van der Waals surface area contributed by atoms with E-state index in [-0.39, 0.29) is 29.7 Å². The number of rotatable bonds is 9. The third kappa shape index (κ3) is 7.46. The lowest BCUT2D eigenvalue weighted by Gasteiger charge is -2.23. The predicted molar refractivity (Wildman–Crippen MR) is 141 cm³/mol. The molecule has 1 aliphatic heterocycles. The monoisotopic (exact) mass is 529 g/mol. The molecule has 0 saturated carbocycles. The Bertz CT molecular complexity index is 1150. The molecule has 4 rings (SSSR count). The number of benzene rings is 2. The Morgan fingerprint density at radius 1 is 1.14 bits per heavy atom. The van der Waals surface area contributed by atoms with Gasteiger partial charge in [0, 0.05) is 53.4 Å². The van der Waals surface area contributed by atoms with Crippen LogP contribution in [-0.4, -0.2) is 54.2 Å². The maximum Gasteiger partial charge on any atom is 0.319 e. The standard InChI is InChI=1S/C26H29Cl2N5O3/c1-17-2-4-18(5-3-17)19(15-29-26(35)32-23-13-20(27)12-21(28)14-23)7-10-33-11-8-22(16-33)31-25(34)24-6-9-30-36-24/h2-6,9,12-14,19,22H,7-8,10-11,15-16H2,1H3,(H,31,34)(H2,29,32,35). The fraction of sp³-hybridized carbons (Fsp3) is 0.346. The van der Waals surface area contributed by atoms with Gasteiger partial charge in [-0.25, -0.2) is 4.79 Å². The van der Waals surface area contributed by atoms with E-state index in [9.17, 15) is 9.59 Å². The number of halogens is 2. The van der Waals surface area contributed by atoms with Gasteiger partial charge in [0.25, 0.3) is 5.91 Å². The van der Waals surface area contributed by atoms with Crippen LogP contribution in [0, 0.1) is 6.92 Å². The van der Waals surface area contributed by atoms with Gasteiger partial charge in [-0.05, 0) is 50.1 Å². The molecule has 8 nitrogen and oxygen atoms in total. The summed E-state index contributed by atoms with van der Waals surface area (Å²) in [4.78, 5) is 27.1. The Hall–Kier alpha value is -3.07. The van der Waals surface area contributed by atoms with E-state index >= 15 is 0 Å². The molecule has 0 spiro atoms. The lowest BCUT2D eigenvalue weighted by atomic mass is 9.94. The zero-order valence-corrected chi connectivity index (χ0v) is 21.5. The van der Waals surface area contributed by atoms with Crippen molar-refractivity contribution in [3.63, 3.8) is 0 Å². The summed E-state index contributed by atoms with van der Waals surface area (Å²) in [6.07, 6.45) is 3.19. The molecular weight excluding hydrogens is 501 g/mol. The highest BCUT2D eigenvalue weighted by atomic mass is 35.5. The largest absolute Gasteiger partial charge is 0.351 e. The molecule has 3 aromatic rings. The number of urea groups is 1. The summed E-state index contributed by atoms with van der Waals surface area (Å²) in [6.45, 7) is 5.04. The quantitative estimate of drug-likeness (QED) is 0.358. The fourth-order valence-corrected chi connectivity index (χ4v) is 4.85. The number of carbonyl (C=O) groups is 2. The third-order valence-corrected chi connectivity index (χ3v) is 6.68. The maximum atomic E-state index is 12.6. The summed E-state index contributed by atoms with van der Waals surface area (Å²) in [7, 11) is 0. The van der Waals surface area contributed by atoms with Crippen molar-refractivity contribution in [2.24, 2.45) is 0 Å². The molecule has 2 aromatic carbocycles. The Kier molecular flexibility index (Phi) is 8.85. The second kappa shape index (κ2) is 12.3. The molecule has 36 heavy (non-hydrogen) atoms. The van der Waals surface area contributed by atoms with E-state index in [0.29, 0.717) is 22.3 Å². The first-order valence-corrected chi connectivity index (χ1v) is 12.6. The number of aromatic nitrogens is 1. The molecule has 0 aliphatic carbocycles. The fourth-order valence-electron chi connectivity index (χ4n) is 4.32. The van der Waals surface area contributed by atoms with Crippen LogP contribution < -0.4 is 16.0 Å². The van der Waals surface area contributed by atoms with Crippen LogP contribution in [0.15, 0.2) is 59.3 Å². The average Bonchev–Trinajstić information content (AvgIpc) is 3.52.